The maximum atomic E-state index is 12.6. The molecule has 0 saturated heterocycles. The van der Waals surface area contributed by atoms with Crippen LogP contribution in [-0.4, -0.2) is 75.0 Å². The van der Waals surface area contributed by atoms with E-state index in [0.29, 0.717) is 0 Å². The second-order valence-electron chi connectivity index (χ2n) is 7.56. The van der Waals surface area contributed by atoms with Gasteiger partial charge in [-0.25, -0.2) is 0 Å². The van der Waals surface area contributed by atoms with Crippen LogP contribution in [-0.2, 0) is 0 Å². The van der Waals surface area contributed by atoms with Crippen molar-refractivity contribution < 1.29 is 9.53 Å². The van der Waals surface area contributed by atoms with Gasteiger partial charge in [0.1, 0.15) is 5.75 Å². The van der Waals surface area contributed by atoms with Crippen LogP contribution < -0.4 is 4.74 Å². The molecule has 0 aliphatic rings. The molecular weight excluding hydrogens is 398 g/mol. The Morgan fingerprint density at radius 3 is 2.10 bits per heavy atom. The maximum Gasteiger partial charge on any atom is 0.253 e. The molecule has 1 amide bonds. The lowest BCUT2D eigenvalue weighted by Crippen LogP contribution is -2.33. The van der Waals surface area contributed by atoms with Gasteiger partial charge in [0.15, 0.2) is 0 Å². The highest BCUT2D eigenvalue weighted by atomic mass is 35.5. The smallest absolute Gasteiger partial charge is 0.253 e. The summed E-state index contributed by atoms with van der Waals surface area (Å²) in [6.45, 7) is 7.35. The molecule has 6 heteroatoms. The van der Waals surface area contributed by atoms with Gasteiger partial charge in [0, 0.05) is 31.7 Å². The molecule has 5 nitrogen and oxygen atoms in total. The largest absolute Gasteiger partial charge is 0.497 e. The summed E-state index contributed by atoms with van der Waals surface area (Å²) >= 11 is 0. The van der Waals surface area contributed by atoms with Gasteiger partial charge < -0.3 is 14.5 Å². The van der Waals surface area contributed by atoms with Crippen molar-refractivity contribution in [2.24, 2.45) is 0 Å². The molecule has 0 N–H and O–H groups in total. The van der Waals surface area contributed by atoms with E-state index in [1.165, 1.54) is 5.56 Å². The van der Waals surface area contributed by atoms with Crippen molar-refractivity contribution in [3.63, 3.8) is 0 Å². The number of halogens is 1. The van der Waals surface area contributed by atoms with E-state index in [1.807, 2.05) is 43.0 Å². The lowest BCUT2D eigenvalue weighted by Gasteiger charge is -2.30. The van der Waals surface area contributed by atoms with Gasteiger partial charge in [-0.15, -0.1) is 12.4 Å². The van der Waals surface area contributed by atoms with E-state index in [1.54, 1.807) is 7.11 Å². The molecule has 2 aromatic rings. The Kier molecular flexibility index (Phi) is 10.9. The molecule has 2 rings (SSSR count). The first kappa shape index (κ1) is 26.0. The van der Waals surface area contributed by atoms with E-state index >= 15 is 0 Å². The minimum atomic E-state index is 0. The maximum absolute atomic E-state index is 12.6. The van der Waals surface area contributed by atoms with Crippen LogP contribution in [0, 0.1) is 0 Å². The van der Waals surface area contributed by atoms with E-state index in [4.69, 9.17) is 4.74 Å². The van der Waals surface area contributed by atoms with E-state index in [9.17, 15) is 4.79 Å². The third kappa shape index (κ3) is 6.73. The minimum absolute atomic E-state index is 0. The Labute approximate surface area is 188 Å². The van der Waals surface area contributed by atoms with E-state index < -0.39 is 0 Å². The molecule has 0 radical (unpaired) electrons. The summed E-state index contributed by atoms with van der Waals surface area (Å²) in [5.74, 6) is 0.933. The Hall–Kier alpha value is -2.08. The van der Waals surface area contributed by atoms with Crippen LogP contribution in [0.25, 0.3) is 0 Å². The third-order valence-corrected chi connectivity index (χ3v) is 5.27. The van der Waals surface area contributed by atoms with Crippen molar-refractivity contribution in [3.8, 4) is 5.75 Å². The lowest BCUT2D eigenvalue weighted by molar-refractivity contribution is 0.0773. The van der Waals surface area contributed by atoms with Crippen LogP contribution in [0.1, 0.15) is 41.4 Å². The summed E-state index contributed by atoms with van der Waals surface area (Å²) in [5.41, 5.74) is 3.07. The van der Waals surface area contributed by atoms with Crippen LogP contribution in [0.5, 0.6) is 5.75 Å². The minimum Gasteiger partial charge on any atom is -0.497 e. The number of benzene rings is 2. The fraction of sp³-hybridized carbons (Fsp3) is 0.458. The highest BCUT2D eigenvalue weighted by Crippen LogP contribution is 2.30. The SMILES string of the molecule is CCN(CC)C(=O)c1ccc(C(c2cccc(OC)c2)N(C)CCN(C)C)cc1.Cl. The first-order valence-electron chi connectivity index (χ1n) is 10.3. The molecule has 0 aliphatic carbocycles. The lowest BCUT2D eigenvalue weighted by atomic mass is 9.96. The average Bonchev–Trinajstić information content (AvgIpc) is 2.74. The average molecular weight is 434 g/mol. The van der Waals surface area contributed by atoms with Gasteiger partial charge in [-0.1, -0.05) is 24.3 Å². The van der Waals surface area contributed by atoms with Gasteiger partial charge in [-0.3, -0.25) is 9.69 Å². The summed E-state index contributed by atoms with van der Waals surface area (Å²) in [5, 5.41) is 0. The molecule has 0 aromatic heterocycles. The number of carbonyl (C=O) groups excluding carboxylic acids is 1. The van der Waals surface area contributed by atoms with Crippen molar-refractivity contribution >= 4 is 18.3 Å². The van der Waals surface area contributed by atoms with Crippen molar-refractivity contribution in [1.29, 1.82) is 0 Å². The molecule has 0 bridgehead atoms. The molecular formula is C24H36ClN3O2. The topological polar surface area (TPSA) is 36.0 Å². The Balaban J connectivity index is 0.00000450. The zero-order valence-corrected chi connectivity index (χ0v) is 19.9. The number of rotatable bonds is 10. The van der Waals surface area contributed by atoms with Crippen molar-refractivity contribution in [3.05, 3.63) is 65.2 Å². The highest BCUT2D eigenvalue weighted by molar-refractivity contribution is 5.94. The normalized spacial score (nSPS) is 11.9. The van der Waals surface area contributed by atoms with Crippen LogP contribution in [0.3, 0.4) is 0 Å². The van der Waals surface area contributed by atoms with E-state index in [0.717, 1.165) is 43.1 Å². The summed E-state index contributed by atoms with van der Waals surface area (Å²) in [6.07, 6.45) is 0. The second-order valence-corrected chi connectivity index (χ2v) is 7.56. The quantitative estimate of drug-likeness (QED) is 0.563. The van der Waals surface area contributed by atoms with Gasteiger partial charge >= 0.3 is 0 Å². The highest BCUT2D eigenvalue weighted by Gasteiger charge is 2.21. The Bertz CT molecular complexity index is 776. The molecule has 166 valence electrons. The zero-order valence-electron chi connectivity index (χ0n) is 19.1. The summed E-state index contributed by atoms with van der Waals surface area (Å²) in [7, 11) is 8.00. The number of amides is 1. The number of nitrogens with zero attached hydrogens (tertiary/aromatic N) is 3. The van der Waals surface area contributed by atoms with Crippen molar-refractivity contribution in [1.82, 2.24) is 14.7 Å². The molecule has 0 spiro atoms. The van der Waals surface area contributed by atoms with E-state index in [2.05, 4.69) is 55.2 Å². The number of ether oxygens (including phenoxy) is 1. The van der Waals surface area contributed by atoms with Gasteiger partial charge in [0.2, 0.25) is 0 Å². The molecule has 0 saturated carbocycles. The number of carbonyl (C=O) groups is 1. The number of hydrogen-bond donors (Lipinski definition) is 0. The van der Waals surface area contributed by atoms with Crippen LogP contribution in [0.15, 0.2) is 48.5 Å². The molecule has 2 aromatic carbocycles. The van der Waals surface area contributed by atoms with E-state index in [-0.39, 0.29) is 24.4 Å². The Morgan fingerprint density at radius 1 is 0.933 bits per heavy atom. The van der Waals surface area contributed by atoms with Crippen LogP contribution in [0.4, 0.5) is 0 Å². The molecule has 0 heterocycles. The number of methoxy groups -OCH3 is 1. The molecule has 0 aliphatic heterocycles. The third-order valence-electron chi connectivity index (χ3n) is 5.27. The van der Waals surface area contributed by atoms with Gasteiger partial charge in [0.05, 0.1) is 13.2 Å². The number of hydrogen-bond acceptors (Lipinski definition) is 4. The molecule has 1 atom stereocenters. The predicted octanol–water partition coefficient (Wildman–Crippen LogP) is 4.18. The van der Waals surface area contributed by atoms with Crippen molar-refractivity contribution in [2.45, 2.75) is 19.9 Å². The molecule has 0 fully saturated rings. The van der Waals surface area contributed by atoms with Gasteiger partial charge in [0.25, 0.3) is 5.91 Å². The summed E-state index contributed by atoms with van der Waals surface area (Å²) in [6, 6.07) is 16.3. The second kappa shape index (κ2) is 12.6. The fourth-order valence-electron chi connectivity index (χ4n) is 3.50. The zero-order chi connectivity index (χ0) is 21.4. The van der Waals surface area contributed by atoms with Crippen LogP contribution >= 0.6 is 12.4 Å². The summed E-state index contributed by atoms with van der Waals surface area (Å²) in [4.78, 5) is 19.0. The monoisotopic (exact) mass is 433 g/mol. The fourth-order valence-corrected chi connectivity index (χ4v) is 3.50. The number of likely N-dealkylation sites (N-methyl/N-ethyl adjacent to an activating group) is 2. The summed E-state index contributed by atoms with van der Waals surface area (Å²) < 4.78 is 5.44. The predicted molar refractivity (Wildman–Crippen MR) is 127 cm³/mol. The first-order valence-corrected chi connectivity index (χ1v) is 10.3. The first-order chi connectivity index (χ1) is 13.9. The molecule has 1 unspecified atom stereocenters. The standard InChI is InChI=1S/C24H35N3O2.ClH/c1-7-27(8-2)24(28)20-14-12-19(13-15-20)23(26(5)17-16-25(3)4)21-10-9-11-22(18-21)29-6;/h9-15,18,23H,7-8,16-17H2,1-6H3;1H. The Morgan fingerprint density at radius 2 is 1.57 bits per heavy atom. The van der Waals surface area contributed by atoms with Crippen molar-refractivity contribution in [2.75, 3.05) is 54.4 Å². The molecule has 30 heavy (non-hydrogen) atoms. The van der Waals surface area contributed by atoms with Gasteiger partial charge in [-0.2, -0.15) is 0 Å². The van der Waals surface area contributed by atoms with Crippen LogP contribution in [0.2, 0.25) is 0 Å². The van der Waals surface area contributed by atoms with Gasteiger partial charge in [-0.05, 0) is 70.4 Å².